The third kappa shape index (κ3) is 4.52. The summed E-state index contributed by atoms with van der Waals surface area (Å²) in [5, 5.41) is 7.23. The van der Waals surface area contributed by atoms with E-state index in [1.165, 1.54) is 4.68 Å². The maximum absolute atomic E-state index is 11.9. The van der Waals surface area contributed by atoms with Crippen molar-refractivity contribution in [2.75, 3.05) is 6.54 Å². The molecular weight excluding hydrogens is 290 g/mol. The third-order valence-corrected chi connectivity index (χ3v) is 4.01. The van der Waals surface area contributed by atoms with Gasteiger partial charge in [-0.25, -0.2) is 4.68 Å². The van der Waals surface area contributed by atoms with Crippen LogP contribution >= 0.6 is 0 Å². The van der Waals surface area contributed by atoms with Crippen LogP contribution in [-0.2, 0) is 17.8 Å². The first-order valence-electron chi connectivity index (χ1n) is 8.11. The average Bonchev–Trinajstić information content (AvgIpc) is 3.41. The highest BCUT2D eigenvalue weighted by atomic mass is 16.1. The third-order valence-electron chi connectivity index (χ3n) is 4.01. The van der Waals surface area contributed by atoms with Crippen molar-refractivity contribution in [3.05, 3.63) is 64.1 Å². The van der Waals surface area contributed by atoms with Crippen molar-refractivity contribution in [3.63, 3.8) is 0 Å². The summed E-state index contributed by atoms with van der Waals surface area (Å²) in [6.07, 6.45) is 3.49. The number of hydrogen-bond donors (Lipinski definition) is 1. The summed E-state index contributed by atoms with van der Waals surface area (Å²) in [6, 6.07) is 13.3. The Kier molecular flexibility index (Phi) is 4.86. The molecule has 1 aliphatic rings. The Morgan fingerprint density at radius 1 is 1.17 bits per heavy atom. The summed E-state index contributed by atoms with van der Waals surface area (Å²) in [5.74, 6) is 0.516. The highest BCUT2D eigenvalue weighted by Crippen LogP contribution is 2.38. The van der Waals surface area contributed by atoms with Crippen molar-refractivity contribution < 1.29 is 4.79 Å². The molecule has 1 heterocycles. The first kappa shape index (κ1) is 15.5. The van der Waals surface area contributed by atoms with E-state index in [2.05, 4.69) is 10.4 Å². The quantitative estimate of drug-likeness (QED) is 0.849. The maximum Gasteiger partial charge on any atom is 0.266 e. The summed E-state index contributed by atoms with van der Waals surface area (Å²) < 4.78 is 1.45. The molecule has 5 nitrogen and oxygen atoms in total. The van der Waals surface area contributed by atoms with Gasteiger partial charge in [-0.15, -0.1) is 0 Å². The van der Waals surface area contributed by atoms with Crippen LogP contribution in [0.15, 0.2) is 47.3 Å². The van der Waals surface area contributed by atoms with Gasteiger partial charge in [-0.3, -0.25) is 9.59 Å². The molecule has 0 unspecified atom stereocenters. The van der Waals surface area contributed by atoms with Crippen molar-refractivity contribution in [3.8, 4) is 0 Å². The Balaban J connectivity index is 1.44. The van der Waals surface area contributed by atoms with Crippen LogP contribution in [0, 0.1) is 0 Å². The topological polar surface area (TPSA) is 64.0 Å². The van der Waals surface area contributed by atoms with E-state index in [-0.39, 0.29) is 11.5 Å². The molecule has 0 saturated heterocycles. The van der Waals surface area contributed by atoms with Crippen molar-refractivity contribution in [2.24, 2.45) is 0 Å². The predicted octanol–water partition coefficient (Wildman–Crippen LogP) is 1.87. The van der Waals surface area contributed by atoms with Crippen molar-refractivity contribution in [1.82, 2.24) is 15.1 Å². The van der Waals surface area contributed by atoms with Gasteiger partial charge in [0.25, 0.3) is 5.56 Å². The van der Waals surface area contributed by atoms with Crippen LogP contribution in [0.4, 0.5) is 0 Å². The highest BCUT2D eigenvalue weighted by molar-refractivity contribution is 5.76. The molecule has 0 bridgehead atoms. The number of carbonyl (C=O) groups excluding carboxylic acids is 1. The molecule has 3 rings (SSSR count). The van der Waals surface area contributed by atoms with Crippen molar-refractivity contribution in [2.45, 2.75) is 38.1 Å². The Bertz CT molecular complexity index is 721. The molecule has 1 amide bonds. The van der Waals surface area contributed by atoms with Crippen LogP contribution in [0.5, 0.6) is 0 Å². The van der Waals surface area contributed by atoms with Gasteiger partial charge >= 0.3 is 0 Å². The van der Waals surface area contributed by atoms with Gasteiger partial charge in [0, 0.05) is 24.9 Å². The molecule has 23 heavy (non-hydrogen) atoms. The van der Waals surface area contributed by atoms with Gasteiger partial charge in [-0.2, -0.15) is 5.10 Å². The van der Waals surface area contributed by atoms with Crippen LogP contribution < -0.4 is 10.9 Å². The molecule has 1 aromatic heterocycles. The van der Waals surface area contributed by atoms with Crippen LogP contribution in [0.2, 0.25) is 0 Å². The Hall–Kier alpha value is -2.43. The smallest absolute Gasteiger partial charge is 0.266 e. The molecule has 1 aliphatic carbocycles. The largest absolute Gasteiger partial charge is 0.354 e. The highest BCUT2D eigenvalue weighted by Gasteiger charge is 2.25. The molecule has 0 spiro atoms. The van der Waals surface area contributed by atoms with Gasteiger partial charge in [-0.1, -0.05) is 30.3 Å². The normalized spacial score (nSPS) is 13.7. The number of hydrogen-bond acceptors (Lipinski definition) is 3. The van der Waals surface area contributed by atoms with Gasteiger partial charge in [-0.05, 0) is 30.9 Å². The lowest BCUT2D eigenvalue weighted by Crippen LogP contribution is -2.32. The Morgan fingerprint density at radius 2 is 1.96 bits per heavy atom. The lowest BCUT2D eigenvalue weighted by atomic mass is 10.1. The molecule has 1 saturated carbocycles. The van der Waals surface area contributed by atoms with Gasteiger partial charge in [0.05, 0.1) is 12.2 Å². The van der Waals surface area contributed by atoms with E-state index in [1.54, 1.807) is 6.07 Å². The number of nitrogens with one attached hydrogen (secondary N) is 1. The minimum absolute atomic E-state index is 0.000231. The standard InChI is InChI=1S/C18H21N3O2/c22-17(10-6-14-4-2-1-3-5-14)19-12-13-21-18(23)11-9-16(20-21)15-7-8-15/h1-5,9,11,15H,6-8,10,12-13H2,(H,19,22). The number of rotatable bonds is 7. The van der Waals surface area contributed by atoms with Gasteiger partial charge in [0.1, 0.15) is 0 Å². The number of benzene rings is 1. The molecule has 1 fully saturated rings. The molecule has 0 atom stereocenters. The lowest BCUT2D eigenvalue weighted by Gasteiger charge is -2.08. The van der Waals surface area contributed by atoms with E-state index in [1.807, 2.05) is 36.4 Å². The van der Waals surface area contributed by atoms with Crippen LogP contribution in [0.3, 0.4) is 0 Å². The monoisotopic (exact) mass is 311 g/mol. The van der Waals surface area contributed by atoms with Gasteiger partial charge < -0.3 is 5.32 Å². The van der Waals surface area contributed by atoms with E-state index in [0.717, 1.165) is 30.5 Å². The second-order valence-electron chi connectivity index (χ2n) is 5.93. The molecule has 1 N–H and O–H groups in total. The van der Waals surface area contributed by atoms with Crippen LogP contribution in [-0.4, -0.2) is 22.2 Å². The fraction of sp³-hybridized carbons (Fsp3) is 0.389. The summed E-state index contributed by atoms with van der Waals surface area (Å²) in [5.41, 5.74) is 2.02. The number of carbonyl (C=O) groups is 1. The number of aryl methyl sites for hydroxylation is 1. The van der Waals surface area contributed by atoms with Gasteiger partial charge in [0.2, 0.25) is 5.91 Å². The van der Waals surface area contributed by atoms with Crippen LogP contribution in [0.1, 0.15) is 36.4 Å². The zero-order valence-corrected chi connectivity index (χ0v) is 13.1. The first-order chi connectivity index (χ1) is 11.2. The SMILES string of the molecule is O=C(CCc1ccccc1)NCCn1nc(C2CC2)ccc1=O. The Labute approximate surface area is 135 Å². The average molecular weight is 311 g/mol. The molecule has 0 aliphatic heterocycles. The number of aromatic nitrogens is 2. The fourth-order valence-corrected chi connectivity index (χ4v) is 2.51. The summed E-state index contributed by atoms with van der Waals surface area (Å²) >= 11 is 0. The summed E-state index contributed by atoms with van der Waals surface area (Å²) in [4.78, 5) is 23.6. The fourth-order valence-electron chi connectivity index (χ4n) is 2.51. The maximum atomic E-state index is 11.9. The van der Waals surface area contributed by atoms with E-state index in [0.29, 0.717) is 25.4 Å². The van der Waals surface area contributed by atoms with E-state index < -0.39 is 0 Å². The Morgan fingerprint density at radius 3 is 2.70 bits per heavy atom. The lowest BCUT2D eigenvalue weighted by molar-refractivity contribution is -0.121. The number of nitrogens with zero attached hydrogens (tertiary/aromatic N) is 2. The second-order valence-corrected chi connectivity index (χ2v) is 5.93. The zero-order chi connectivity index (χ0) is 16.1. The first-order valence-corrected chi connectivity index (χ1v) is 8.11. The van der Waals surface area contributed by atoms with Crippen molar-refractivity contribution in [1.29, 1.82) is 0 Å². The summed E-state index contributed by atoms with van der Waals surface area (Å²) in [6.45, 7) is 0.838. The second kappa shape index (κ2) is 7.22. The van der Waals surface area contributed by atoms with E-state index in [4.69, 9.17) is 0 Å². The minimum atomic E-state index is -0.118. The number of amides is 1. The zero-order valence-electron chi connectivity index (χ0n) is 13.1. The minimum Gasteiger partial charge on any atom is -0.354 e. The molecule has 2 aromatic rings. The van der Waals surface area contributed by atoms with Crippen LogP contribution in [0.25, 0.3) is 0 Å². The molecule has 120 valence electrons. The van der Waals surface area contributed by atoms with E-state index >= 15 is 0 Å². The molecule has 5 heteroatoms. The van der Waals surface area contributed by atoms with Gasteiger partial charge in [0.15, 0.2) is 0 Å². The summed E-state index contributed by atoms with van der Waals surface area (Å²) in [7, 11) is 0. The molecule has 1 aromatic carbocycles. The molecular formula is C18H21N3O2. The van der Waals surface area contributed by atoms with Crippen molar-refractivity contribution >= 4 is 5.91 Å². The molecule has 0 radical (unpaired) electrons. The van der Waals surface area contributed by atoms with E-state index in [9.17, 15) is 9.59 Å². The predicted molar refractivity (Wildman–Crippen MR) is 88.2 cm³/mol.